The molecule has 2 unspecified atom stereocenters. The summed E-state index contributed by atoms with van der Waals surface area (Å²) in [5.74, 6) is 0.945. The van der Waals surface area contributed by atoms with E-state index in [1.807, 2.05) is 30.3 Å². The lowest BCUT2D eigenvalue weighted by Gasteiger charge is -2.33. The Morgan fingerprint density at radius 3 is 2.63 bits per heavy atom. The Kier molecular flexibility index (Phi) is 6.13. The minimum Gasteiger partial charge on any atom is -0.486 e. The van der Waals surface area contributed by atoms with Crippen molar-refractivity contribution in [3.05, 3.63) is 52.4 Å². The van der Waals surface area contributed by atoms with E-state index in [9.17, 15) is 13.2 Å². The molecule has 7 nitrogen and oxygen atoms in total. The maximum Gasteiger partial charge on any atom is 0.300 e. The van der Waals surface area contributed by atoms with Crippen molar-refractivity contribution in [3.63, 3.8) is 0 Å². The molecule has 1 aromatic carbocycles. The third-order valence-corrected chi connectivity index (χ3v) is 7.61. The zero-order valence-electron chi connectivity index (χ0n) is 17.2. The lowest BCUT2D eigenvalue weighted by Crippen LogP contribution is -2.42. The number of para-hydroxylation sites is 1. The van der Waals surface area contributed by atoms with E-state index < -0.39 is 15.4 Å². The Labute approximate surface area is 177 Å². The fourth-order valence-electron chi connectivity index (χ4n) is 4.38. The van der Waals surface area contributed by atoms with E-state index >= 15 is 0 Å². The average molecular weight is 433 g/mol. The van der Waals surface area contributed by atoms with Crippen LogP contribution in [0.3, 0.4) is 0 Å². The Bertz CT molecular complexity index is 1030. The highest BCUT2D eigenvalue weighted by Gasteiger charge is 2.39. The quantitative estimate of drug-likeness (QED) is 0.668. The van der Waals surface area contributed by atoms with Gasteiger partial charge in [-0.15, -0.1) is 0 Å². The Hall–Kier alpha value is -2.35. The molecule has 0 radical (unpaired) electrons. The molecule has 0 amide bonds. The van der Waals surface area contributed by atoms with Gasteiger partial charge in [-0.25, -0.2) is 8.42 Å². The van der Waals surface area contributed by atoms with Crippen LogP contribution in [0.5, 0.6) is 11.8 Å². The van der Waals surface area contributed by atoms with Crippen molar-refractivity contribution in [1.82, 2.24) is 9.55 Å². The Morgan fingerprint density at radius 2 is 1.93 bits per heavy atom. The van der Waals surface area contributed by atoms with Crippen LogP contribution in [0.25, 0.3) is 0 Å². The second-order valence-corrected chi connectivity index (χ2v) is 10.5. The zero-order chi connectivity index (χ0) is 21.1. The maximum atomic E-state index is 12.2. The maximum absolute atomic E-state index is 12.2. The van der Waals surface area contributed by atoms with Gasteiger partial charge in [-0.05, 0) is 30.9 Å². The molecule has 2 aliphatic rings. The van der Waals surface area contributed by atoms with Crippen molar-refractivity contribution in [2.24, 2.45) is 5.92 Å². The Morgan fingerprint density at radius 1 is 1.20 bits per heavy atom. The number of benzene rings is 1. The van der Waals surface area contributed by atoms with E-state index in [0.717, 1.165) is 31.4 Å². The first-order valence-electron chi connectivity index (χ1n) is 10.6. The fourth-order valence-corrected chi connectivity index (χ4v) is 5.27. The molecule has 30 heavy (non-hydrogen) atoms. The number of ether oxygens (including phenoxy) is 2. The van der Waals surface area contributed by atoms with Crippen molar-refractivity contribution < 1.29 is 17.9 Å². The Balaban J connectivity index is 1.62. The van der Waals surface area contributed by atoms with Gasteiger partial charge in [-0.3, -0.25) is 9.36 Å². The number of hydrogen-bond donors (Lipinski definition) is 0. The standard InChI is InChI=1S/C22H28N2O5S/c1-2-30(26,27)15-17-13-20(25)23-22-24(17)14-19(29-22)21(16-9-5-3-6-10-16)28-18-11-7-4-8-12-18/h4,7-8,11-13,16,19,21H,2-3,5-6,9-10,14-15H2,1H3. The van der Waals surface area contributed by atoms with Crippen LogP contribution in [0.4, 0.5) is 0 Å². The van der Waals surface area contributed by atoms with Crippen molar-refractivity contribution in [3.8, 4) is 11.8 Å². The molecule has 1 aliphatic heterocycles. The molecule has 1 aromatic heterocycles. The van der Waals surface area contributed by atoms with Crippen LogP contribution in [-0.2, 0) is 22.1 Å². The topological polar surface area (TPSA) is 87.5 Å². The van der Waals surface area contributed by atoms with Gasteiger partial charge in [0.15, 0.2) is 15.9 Å². The summed E-state index contributed by atoms with van der Waals surface area (Å²) >= 11 is 0. The molecule has 0 bridgehead atoms. The van der Waals surface area contributed by atoms with Crippen LogP contribution in [0.2, 0.25) is 0 Å². The molecule has 1 aliphatic carbocycles. The van der Waals surface area contributed by atoms with E-state index in [2.05, 4.69) is 4.98 Å². The average Bonchev–Trinajstić information content (AvgIpc) is 3.17. The summed E-state index contributed by atoms with van der Waals surface area (Å²) in [4.78, 5) is 16.1. The summed E-state index contributed by atoms with van der Waals surface area (Å²) < 4.78 is 38.6. The fraction of sp³-hybridized carbons (Fsp3) is 0.545. The molecular formula is C22H28N2O5S. The van der Waals surface area contributed by atoms with Gasteiger partial charge in [0.05, 0.1) is 12.3 Å². The largest absolute Gasteiger partial charge is 0.486 e. The molecule has 162 valence electrons. The SMILES string of the molecule is CCS(=O)(=O)Cc1cc(=O)nc2n1CC(C(Oc1ccccc1)C1CCCCC1)O2. The second-order valence-electron chi connectivity index (χ2n) is 8.11. The van der Waals surface area contributed by atoms with E-state index in [1.54, 1.807) is 11.5 Å². The van der Waals surface area contributed by atoms with Crippen LogP contribution in [0, 0.1) is 5.92 Å². The highest BCUT2D eigenvalue weighted by molar-refractivity contribution is 7.90. The van der Waals surface area contributed by atoms with Gasteiger partial charge in [0.2, 0.25) is 0 Å². The zero-order valence-corrected chi connectivity index (χ0v) is 18.0. The normalized spacial score (nSPS) is 20.4. The minimum atomic E-state index is -3.29. The molecule has 0 N–H and O–H groups in total. The van der Waals surface area contributed by atoms with Crippen LogP contribution in [0.15, 0.2) is 41.2 Å². The monoisotopic (exact) mass is 432 g/mol. The number of rotatable bonds is 7. The minimum absolute atomic E-state index is 0.0188. The summed E-state index contributed by atoms with van der Waals surface area (Å²) in [7, 11) is -3.29. The third-order valence-electron chi connectivity index (χ3n) is 6.00. The summed E-state index contributed by atoms with van der Waals surface area (Å²) in [6, 6.07) is 11.2. The molecule has 0 spiro atoms. The predicted octanol–water partition coefficient (Wildman–Crippen LogP) is 2.97. The van der Waals surface area contributed by atoms with E-state index in [-0.39, 0.29) is 29.7 Å². The van der Waals surface area contributed by atoms with Gasteiger partial charge in [0, 0.05) is 17.5 Å². The van der Waals surface area contributed by atoms with E-state index in [0.29, 0.717) is 18.2 Å². The molecule has 2 atom stereocenters. The lowest BCUT2D eigenvalue weighted by atomic mass is 9.83. The first-order valence-corrected chi connectivity index (χ1v) is 12.5. The summed E-state index contributed by atoms with van der Waals surface area (Å²) in [5, 5.41) is 0. The van der Waals surface area contributed by atoms with Gasteiger partial charge in [0.25, 0.3) is 5.56 Å². The van der Waals surface area contributed by atoms with E-state index in [1.165, 1.54) is 12.5 Å². The van der Waals surface area contributed by atoms with Crippen LogP contribution in [0.1, 0.15) is 44.7 Å². The van der Waals surface area contributed by atoms with Crippen molar-refractivity contribution in [2.45, 2.75) is 63.5 Å². The number of nitrogens with zero attached hydrogens (tertiary/aromatic N) is 2. The molecule has 0 saturated heterocycles. The molecule has 2 aromatic rings. The first kappa shape index (κ1) is 20.9. The van der Waals surface area contributed by atoms with Crippen molar-refractivity contribution in [2.75, 3.05) is 5.75 Å². The molecule has 8 heteroatoms. The number of fused-ring (bicyclic) bond motifs is 1. The molecule has 1 fully saturated rings. The summed E-state index contributed by atoms with van der Waals surface area (Å²) in [6.07, 6.45) is 5.16. The molecular weight excluding hydrogens is 404 g/mol. The third kappa shape index (κ3) is 4.69. The molecule has 1 saturated carbocycles. The van der Waals surface area contributed by atoms with E-state index in [4.69, 9.17) is 9.47 Å². The van der Waals surface area contributed by atoms with Crippen LogP contribution < -0.4 is 15.0 Å². The molecule has 2 heterocycles. The lowest BCUT2D eigenvalue weighted by molar-refractivity contribution is 0.0116. The number of aromatic nitrogens is 2. The van der Waals surface area contributed by atoms with Gasteiger partial charge in [-0.1, -0.05) is 44.4 Å². The second kappa shape index (κ2) is 8.79. The number of sulfone groups is 1. The first-order chi connectivity index (χ1) is 14.4. The van der Waals surface area contributed by atoms with Crippen molar-refractivity contribution in [1.29, 1.82) is 0 Å². The highest BCUT2D eigenvalue weighted by atomic mass is 32.2. The van der Waals surface area contributed by atoms with Crippen LogP contribution >= 0.6 is 0 Å². The summed E-state index contributed by atoms with van der Waals surface area (Å²) in [5.41, 5.74) is -0.0575. The summed E-state index contributed by atoms with van der Waals surface area (Å²) in [6.45, 7) is 2.02. The predicted molar refractivity (Wildman–Crippen MR) is 114 cm³/mol. The molecule has 4 rings (SSSR count). The van der Waals surface area contributed by atoms with Gasteiger partial charge in [-0.2, -0.15) is 4.98 Å². The van der Waals surface area contributed by atoms with Gasteiger partial charge < -0.3 is 9.47 Å². The smallest absolute Gasteiger partial charge is 0.300 e. The van der Waals surface area contributed by atoms with Gasteiger partial charge in [0.1, 0.15) is 11.9 Å². The van der Waals surface area contributed by atoms with Gasteiger partial charge >= 0.3 is 6.01 Å². The highest BCUT2D eigenvalue weighted by Crippen LogP contribution is 2.34. The van der Waals surface area contributed by atoms with Crippen LogP contribution in [-0.4, -0.2) is 35.9 Å². The van der Waals surface area contributed by atoms with Crippen molar-refractivity contribution >= 4 is 9.84 Å². The number of hydrogen-bond acceptors (Lipinski definition) is 6.